The van der Waals surface area contributed by atoms with E-state index in [1.165, 1.54) is 12.3 Å². The van der Waals surface area contributed by atoms with Gasteiger partial charge in [0.15, 0.2) is 11.7 Å². The molecule has 2 N–H and O–H groups in total. The van der Waals surface area contributed by atoms with Crippen LogP contribution in [0.3, 0.4) is 0 Å². The summed E-state index contributed by atoms with van der Waals surface area (Å²) in [5.41, 5.74) is 1.34. The van der Waals surface area contributed by atoms with Gasteiger partial charge in [0.2, 0.25) is 5.91 Å². The summed E-state index contributed by atoms with van der Waals surface area (Å²) in [6, 6.07) is 13.0. The monoisotopic (exact) mass is 381 g/mol. The first-order chi connectivity index (χ1) is 13.6. The van der Waals surface area contributed by atoms with Crippen molar-refractivity contribution in [3.63, 3.8) is 0 Å². The molecule has 6 nitrogen and oxygen atoms in total. The molecule has 28 heavy (non-hydrogen) atoms. The second-order valence-corrected chi connectivity index (χ2v) is 6.09. The fraction of sp³-hybridized carbons (Fsp3) is 0.190. The Morgan fingerprint density at radius 2 is 1.96 bits per heavy atom. The number of oxazole rings is 1. The van der Waals surface area contributed by atoms with Crippen LogP contribution in [0.15, 0.2) is 59.1 Å². The molecular formula is C21H20FN3O3. The number of amides is 2. The number of aryl methyl sites for hydroxylation is 1. The summed E-state index contributed by atoms with van der Waals surface area (Å²) >= 11 is 0. The van der Waals surface area contributed by atoms with Crippen LogP contribution in [0.1, 0.15) is 29.6 Å². The van der Waals surface area contributed by atoms with Crippen molar-refractivity contribution in [1.82, 2.24) is 10.3 Å². The van der Waals surface area contributed by atoms with E-state index < -0.39 is 5.82 Å². The molecule has 0 aliphatic carbocycles. The number of anilines is 1. The number of rotatable bonds is 7. The van der Waals surface area contributed by atoms with Gasteiger partial charge in [-0.2, -0.15) is 0 Å². The van der Waals surface area contributed by atoms with Crippen molar-refractivity contribution >= 4 is 17.5 Å². The Morgan fingerprint density at radius 1 is 1.14 bits per heavy atom. The average Bonchev–Trinajstić information content (AvgIpc) is 3.16. The second-order valence-electron chi connectivity index (χ2n) is 6.09. The first-order valence-corrected chi connectivity index (χ1v) is 8.94. The van der Waals surface area contributed by atoms with Crippen LogP contribution >= 0.6 is 0 Å². The van der Waals surface area contributed by atoms with Gasteiger partial charge < -0.3 is 15.1 Å². The number of nitrogens with one attached hydrogen (secondary N) is 2. The Morgan fingerprint density at radius 3 is 2.75 bits per heavy atom. The van der Waals surface area contributed by atoms with Crippen molar-refractivity contribution in [2.75, 3.05) is 11.9 Å². The van der Waals surface area contributed by atoms with E-state index in [2.05, 4.69) is 15.6 Å². The smallest absolute Gasteiger partial charge is 0.251 e. The summed E-state index contributed by atoms with van der Waals surface area (Å²) in [5.74, 6) is -0.152. The number of carbonyl (C=O) groups is 2. The van der Waals surface area contributed by atoms with Gasteiger partial charge in [-0.15, -0.1) is 0 Å². The summed E-state index contributed by atoms with van der Waals surface area (Å²) in [6.07, 6.45) is 1.86. The number of benzene rings is 2. The number of aromatic nitrogens is 1. The van der Waals surface area contributed by atoms with E-state index >= 15 is 0 Å². The number of hydrogen-bond donors (Lipinski definition) is 2. The number of carbonyl (C=O) groups excluding carboxylic acids is 2. The van der Waals surface area contributed by atoms with Crippen molar-refractivity contribution in [2.45, 2.75) is 19.8 Å². The number of hydrogen-bond acceptors (Lipinski definition) is 4. The van der Waals surface area contributed by atoms with E-state index in [0.29, 0.717) is 35.0 Å². The van der Waals surface area contributed by atoms with Crippen LogP contribution in [-0.4, -0.2) is 23.3 Å². The van der Waals surface area contributed by atoms with Gasteiger partial charge in [0, 0.05) is 30.6 Å². The first kappa shape index (κ1) is 19.3. The molecule has 2 aromatic carbocycles. The van der Waals surface area contributed by atoms with Crippen LogP contribution in [0.4, 0.5) is 10.1 Å². The SMILES string of the molecule is CCNC(=O)c1cccc(NC(=O)CCc2ncc(-c3ccccc3F)o2)c1. The van der Waals surface area contributed by atoms with E-state index in [-0.39, 0.29) is 24.7 Å². The minimum Gasteiger partial charge on any atom is -0.441 e. The summed E-state index contributed by atoms with van der Waals surface area (Å²) in [6.45, 7) is 2.37. The van der Waals surface area contributed by atoms with E-state index in [4.69, 9.17) is 4.42 Å². The third-order valence-electron chi connectivity index (χ3n) is 4.00. The van der Waals surface area contributed by atoms with Gasteiger partial charge in [-0.1, -0.05) is 18.2 Å². The van der Waals surface area contributed by atoms with E-state index in [1.54, 1.807) is 42.5 Å². The lowest BCUT2D eigenvalue weighted by Gasteiger charge is -2.07. The lowest BCUT2D eigenvalue weighted by Crippen LogP contribution is -2.22. The van der Waals surface area contributed by atoms with Crippen molar-refractivity contribution in [2.24, 2.45) is 0 Å². The molecule has 0 unspecified atom stereocenters. The zero-order valence-electron chi connectivity index (χ0n) is 15.4. The highest BCUT2D eigenvalue weighted by atomic mass is 19.1. The zero-order valence-corrected chi connectivity index (χ0v) is 15.4. The minimum absolute atomic E-state index is 0.141. The van der Waals surface area contributed by atoms with E-state index in [1.807, 2.05) is 6.92 Å². The van der Waals surface area contributed by atoms with Crippen LogP contribution in [0.2, 0.25) is 0 Å². The van der Waals surface area contributed by atoms with Crippen LogP contribution < -0.4 is 10.6 Å². The van der Waals surface area contributed by atoms with Crippen LogP contribution in [0.5, 0.6) is 0 Å². The summed E-state index contributed by atoms with van der Waals surface area (Å²) in [4.78, 5) is 28.2. The molecule has 0 saturated carbocycles. The van der Waals surface area contributed by atoms with Crippen molar-refractivity contribution < 1.29 is 18.4 Å². The molecule has 7 heteroatoms. The lowest BCUT2D eigenvalue weighted by molar-refractivity contribution is -0.116. The molecule has 3 aromatic rings. The largest absolute Gasteiger partial charge is 0.441 e. The Bertz CT molecular complexity index is 984. The quantitative estimate of drug-likeness (QED) is 0.652. The molecule has 0 bridgehead atoms. The van der Waals surface area contributed by atoms with Crippen molar-refractivity contribution in [3.8, 4) is 11.3 Å². The Kier molecular flexibility index (Phi) is 6.16. The fourth-order valence-electron chi connectivity index (χ4n) is 2.66. The topological polar surface area (TPSA) is 84.2 Å². The molecule has 0 fully saturated rings. The van der Waals surface area contributed by atoms with E-state index in [9.17, 15) is 14.0 Å². The maximum absolute atomic E-state index is 13.8. The molecule has 144 valence electrons. The summed E-state index contributed by atoms with van der Waals surface area (Å²) < 4.78 is 19.3. The molecule has 0 atom stereocenters. The van der Waals surface area contributed by atoms with Gasteiger partial charge in [0.1, 0.15) is 5.82 Å². The van der Waals surface area contributed by atoms with Gasteiger partial charge in [-0.05, 0) is 37.3 Å². The third-order valence-corrected chi connectivity index (χ3v) is 4.00. The second kappa shape index (κ2) is 8.94. The fourth-order valence-corrected chi connectivity index (χ4v) is 2.66. The first-order valence-electron chi connectivity index (χ1n) is 8.94. The zero-order chi connectivity index (χ0) is 19.9. The Hall–Kier alpha value is -3.48. The maximum atomic E-state index is 13.8. The molecule has 1 heterocycles. The molecule has 3 rings (SSSR count). The lowest BCUT2D eigenvalue weighted by atomic mass is 10.2. The molecule has 0 aliphatic heterocycles. The van der Waals surface area contributed by atoms with Gasteiger partial charge in [0.05, 0.1) is 11.8 Å². The molecule has 2 amide bonds. The highest BCUT2D eigenvalue weighted by Crippen LogP contribution is 2.23. The Labute approximate surface area is 161 Å². The minimum atomic E-state index is -0.394. The number of halogens is 1. The van der Waals surface area contributed by atoms with Crippen molar-refractivity contribution in [3.05, 3.63) is 72.0 Å². The normalized spacial score (nSPS) is 10.5. The Balaban J connectivity index is 1.57. The molecule has 1 aromatic heterocycles. The number of nitrogens with zero attached hydrogens (tertiary/aromatic N) is 1. The van der Waals surface area contributed by atoms with Crippen LogP contribution in [0.25, 0.3) is 11.3 Å². The van der Waals surface area contributed by atoms with Crippen LogP contribution in [-0.2, 0) is 11.2 Å². The van der Waals surface area contributed by atoms with Gasteiger partial charge >= 0.3 is 0 Å². The molecular weight excluding hydrogens is 361 g/mol. The van der Waals surface area contributed by atoms with Gasteiger partial charge in [-0.3, -0.25) is 9.59 Å². The molecule has 0 radical (unpaired) electrons. The van der Waals surface area contributed by atoms with Gasteiger partial charge in [0.25, 0.3) is 5.91 Å². The molecule has 0 aliphatic rings. The molecule has 0 spiro atoms. The average molecular weight is 381 g/mol. The third kappa shape index (κ3) is 4.82. The maximum Gasteiger partial charge on any atom is 0.251 e. The van der Waals surface area contributed by atoms with Crippen molar-refractivity contribution in [1.29, 1.82) is 0 Å². The summed E-state index contributed by atoms with van der Waals surface area (Å²) in [5, 5.41) is 5.46. The predicted molar refractivity (Wildman–Crippen MR) is 103 cm³/mol. The van der Waals surface area contributed by atoms with Crippen LogP contribution in [0, 0.1) is 5.82 Å². The van der Waals surface area contributed by atoms with Gasteiger partial charge in [-0.25, -0.2) is 9.37 Å². The molecule has 0 saturated heterocycles. The highest BCUT2D eigenvalue weighted by Gasteiger charge is 2.12. The predicted octanol–water partition coefficient (Wildman–Crippen LogP) is 3.80. The summed E-state index contributed by atoms with van der Waals surface area (Å²) in [7, 11) is 0. The standard InChI is InChI=1S/C21H20FN3O3/c1-2-23-21(27)14-6-5-7-15(12-14)25-19(26)10-11-20-24-13-18(28-20)16-8-3-4-9-17(16)22/h3-9,12-13H,2,10-11H2,1H3,(H,23,27)(H,25,26). The highest BCUT2D eigenvalue weighted by molar-refractivity contribution is 5.97. The van der Waals surface area contributed by atoms with E-state index in [0.717, 1.165) is 0 Å².